The molecule has 0 bridgehead atoms. The molecule has 0 aliphatic heterocycles. The van der Waals surface area contributed by atoms with Gasteiger partial charge in [0.25, 0.3) is 0 Å². The van der Waals surface area contributed by atoms with Crippen LogP contribution in [-0.4, -0.2) is 24.5 Å². The van der Waals surface area contributed by atoms with Gasteiger partial charge in [-0.2, -0.15) is 0 Å². The van der Waals surface area contributed by atoms with Gasteiger partial charge in [-0.1, -0.05) is 19.3 Å². The molecule has 0 radical (unpaired) electrons. The lowest BCUT2D eigenvalue weighted by Gasteiger charge is -2.31. The highest BCUT2D eigenvalue weighted by molar-refractivity contribution is 5.80. The maximum atomic E-state index is 12.3. The van der Waals surface area contributed by atoms with Crippen molar-refractivity contribution in [1.29, 1.82) is 0 Å². The van der Waals surface area contributed by atoms with Crippen LogP contribution in [0.15, 0.2) is 0 Å². The van der Waals surface area contributed by atoms with Gasteiger partial charge in [0.05, 0.1) is 5.54 Å². The highest BCUT2D eigenvalue weighted by Gasteiger charge is 2.38. The summed E-state index contributed by atoms with van der Waals surface area (Å²) in [4.78, 5) is 12.3. The molecule has 0 unspecified atom stereocenters. The Morgan fingerprint density at radius 2 is 1.88 bits per heavy atom. The maximum absolute atomic E-state index is 12.3. The van der Waals surface area contributed by atoms with E-state index in [9.17, 15) is 4.79 Å². The third-order valence-electron chi connectivity index (χ3n) is 4.64. The zero-order valence-corrected chi connectivity index (χ0v) is 10.6. The van der Waals surface area contributed by atoms with Crippen LogP contribution in [0.1, 0.15) is 44.9 Å². The number of hydrogen-bond donors (Lipinski definition) is 3. The predicted molar refractivity (Wildman–Crippen MR) is 68.3 cm³/mol. The molecule has 98 valence electrons. The molecular formula is C13H25N3O. The van der Waals surface area contributed by atoms with Crippen LogP contribution in [0.3, 0.4) is 0 Å². The van der Waals surface area contributed by atoms with Gasteiger partial charge in [0, 0.05) is 12.5 Å². The molecule has 4 heteroatoms. The molecule has 0 aromatic carbocycles. The fourth-order valence-electron chi connectivity index (χ4n) is 3.45. The summed E-state index contributed by atoms with van der Waals surface area (Å²) in [5.41, 5.74) is 11.5. The summed E-state index contributed by atoms with van der Waals surface area (Å²) in [5.74, 6) is 0.709. The molecule has 0 aromatic heterocycles. The van der Waals surface area contributed by atoms with Crippen molar-refractivity contribution in [3.8, 4) is 0 Å². The van der Waals surface area contributed by atoms with Crippen molar-refractivity contribution < 1.29 is 4.79 Å². The predicted octanol–water partition coefficient (Wildman–Crippen LogP) is 0.749. The highest BCUT2D eigenvalue weighted by Crippen LogP contribution is 2.34. The lowest BCUT2D eigenvalue weighted by molar-refractivity contribution is -0.127. The zero-order valence-electron chi connectivity index (χ0n) is 10.6. The van der Waals surface area contributed by atoms with Gasteiger partial charge >= 0.3 is 0 Å². The van der Waals surface area contributed by atoms with Crippen molar-refractivity contribution in [3.05, 3.63) is 0 Å². The summed E-state index contributed by atoms with van der Waals surface area (Å²) in [7, 11) is 0. The second-order valence-corrected chi connectivity index (χ2v) is 5.71. The normalized spacial score (nSPS) is 31.6. The topological polar surface area (TPSA) is 81.1 Å². The molecule has 0 aromatic rings. The number of carbonyl (C=O) groups excluding carboxylic acids is 1. The van der Waals surface area contributed by atoms with Crippen LogP contribution in [0.5, 0.6) is 0 Å². The van der Waals surface area contributed by atoms with Crippen LogP contribution in [0.4, 0.5) is 0 Å². The summed E-state index contributed by atoms with van der Waals surface area (Å²) in [6.07, 6.45) is 7.67. The fourth-order valence-corrected chi connectivity index (χ4v) is 3.45. The minimum atomic E-state index is -0.112. The third kappa shape index (κ3) is 2.63. The molecule has 0 saturated heterocycles. The van der Waals surface area contributed by atoms with Crippen molar-refractivity contribution in [3.63, 3.8) is 0 Å². The molecule has 2 fully saturated rings. The Labute approximate surface area is 103 Å². The number of amides is 1. The molecule has 2 aliphatic carbocycles. The van der Waals surface area contributed by atoms with E-state index in [1.54, 1.807) is 0 Å². The number of rotatable bonds is 4. The molecule has 17 heavy (non-hydrogen) atoms. The van der Waals surface area contributed by atoms with E-state index < -0.39 is 0 Å². The first kappa shape index (κ1) is 12.8. The van der Waals surface area contributed by atoms with Crippen molar-refractivity contribution in [2.45, 2.75) is 50.5 Å². The van der Waals surface area contributed by atoms with E-state index in [4.69, 9.17) is 11.5 Å². The van der Waals surface area contributed by atoms with E-state index in [2.05, 4.69) is 5.32 Å². The quantitative estimate of drug-likeness (QED) is 0.677. The van der Waals surface area contributed by atoms with Crippen molar-refractivity contribution in [1.82, 2.24) is 5.32 Å². The first-order valence-corrected chi connectivity index (χ1v) is 6.93. The highest BCUT2D eigenvalue weighted by atomic mass is 16.2. The molecule has 2 saturated carbocycles. The van der Waals surface area contributed by atoms with Gasteiger partial charge in [-0.15, -0.1) is 0 Å². The van der Waals surface area contributed by atoms with Crippen LogP contribution in [-0.2, 0) is 4.79 Å². The van der Waals surface area contributed by atoms with Gasteiger partial charge in [0.15, 0.2) is 0 Å². The van der Waals surface area contributed by atoms with Crippen molar-refractivity contribution in [2.75, 3.05) is 13.1 Å². The Kier molecular flexibility index (Phi) is 4.05. The van der Waals surface area contributed by atoms with Crippen molar-refractivity contribution >= 4 is 5.91 Å². The largest absolute Gasteiger partial charge is 0.349 e. The van der Waals surface area contributed by atoms with Crippen LogP contribution in [0.2, 0.25) is 0 Å². The Bertz CT molecular complexity index is 274. The summed E-state index contributed by atoms with van der Waals surface area (Å²) in [6.45, 7) is 1.20. The third-order valence-corrected chi connectivity index (χ3v) is 4.64. The number of nitrogens with one attached hydrogen (secondary N) is 1. The molecule has 4 nitrogen and oxygen atoms in total. The van der Waals surface area contributed by atoms with E-state index in [1.165, 1.54) is 12.8 Å². The SMILES string of the molecule is NC[C@H]1CCC[C@H]1C(=O)NC1(CN)CCCC1. The van der Waals surface area contributed by atoms with E-state index in [0.29, 0.717) is 19.0 Å². The summed E-state index contributed by atoms with van der Waals surface area (Å²) < 4.78 is 0. The second-order valence-electron chi connectivity index (χ2n) is 5.71. The van der Waals surface area contributed by atoms with Gasteiger partial charge in [-0.3, -0.25) is 4.79 Å². The number of nitrogens with two attached hydrogens (primary N) is 2. The van der Waals surface area contributed by atoms with E-state index in [-0.39, 0.29) is 17.4 Å². The summed E-state index contributed by atoms with van der Waals surface area (Å²) >= 11 is 0. The minimum Gasteiger partial charge on any atom is -0.349 e. The van der Waals surface area contributed by atoms with Gasteiger partial charge in [0.1, 0.15) is 0 Å². The molecule has 0 heterocycles. The minimum absolute atomic E-state index is 0.112. The first-order chi connectivity index (χ1) is 8.21. The molecule has 2 aliphatic rings. The second kappa shape index (κ2) is 5.36. The van der Waals surface area contributed by atoms with E-state index in [1.807, 2.05) is 0 Å². The Hall–Kier alpha value is -0.610. The molecule has 2 rings (SSSR count). The molecule has 1 amide bonds. The van der Waals surface area contributed by atoms with Crippen LogP contribution < -0.4 is 16.8 Å². The zero-order chi connectivity index (χ0) is 12.3. The van der Waals surface area contributed by atoms with E-state index >= 15 is 0 Å². The molecular weight excluding hydrogens is 214 g/mol. The fraction of sp³-hybridized carbons (Fsp3) is 0.923. The standard InChI is InChI=1S/C13H25N3O/c14-8-10-4-3-5-11(10)12(17)16-13(9-15)6-1-2-7-13/h10-11H,1-9,14-15H2,(H,16,17)/t10-,11-/m1/s1. The Morgan fingerprint density at radius 1 is 1.18 bits per heavy atom. The number of hydrogen-bond acceptors (Lipinski definition) is 3. The van der Waals surface area contributed by atoms with Crippen LogP contribution in [0, 0.1) is 11.8 Å². The van der Waals surface area contributed by atoms with Crippen LogP contribution in [0.25, 0.3) is 0 Å². The monoisotopic (exact) mass is 239 g/mol. The average Bonchev–Trinajstić information content (AvgIpc) is 2.97. The lowest BCUT2D eigenvalue weighted by Crippen LogP contribution is -2.54. The molecule has 2 atom stereocenters. The van der Waals surface area contributed by atoms with Gasteiger partial charge in [0.2, 0.25) is 5.91 Å². The van der Waals surface area contributed by atoms with Crippen LogP contribution >= 0.6 is 0 Å². The lowest BCUT2D eigenvalue weighted by atomic mass is 9.92. The van der Waals surface area contributed by atoms with Crippen molar-refractivity contribution in [2.24, 2.45) is 23.3 Å². The average molecular weight is 239 g/mol. The van der Waals surface area contributed by atoms with E-state index in [0.717, 1.165) is 32.1 Å². The number of carbonyl (C=O) groups is 1. The Morgan fingerprint density at radius 3 is 2.47 bits per heavy atom. The van der Waals surface area contributed by atoms with Gasteiger partial charge in [-0.25, -0.2) is 0 Å². The van der Waals surface area contributed by atoms with Gasteiger partial charge in [-0.05, 0) is 38.1 Å². The van der Waals surface area contributed by atoms with Gasteiger partial charge < -0.3 is 16.8 Å². The smallest absolute Gasteiger partial charge is 0.223 e. The summed E-state index contributed by atoms with van der Waals surface area (Å²) in [6, 6.07) is 0. The maximum Gasteiger partial charge on any atom is 0.223 e. The summed E-state index contributed by atoms with van der Waals surface area (Å²) in [5, 5.41) is 3.23. The molecule has 5 N–H and O–H groups in total. The Balaban J connectivity index is 1.95. The molecule has 0 spiro atoms. The first-order valence-electron chi connectivity index (χ1n) is 6.93.